The summed E-state index contributed by atoms with van der Waals surface area (Å²) in [5.74, 6) is -0.137. The van der Waals surface area contributed by atoms with E-state index in [-0.39, 0.29) is 23.5 Å². The van der Waals surface area contributed by atoms with Crippen LogP contribution in [-0.4, -0.2) is 47.3 Å². The van der Waals surface area contributed by atoms with Gasteiger partial charge in [-0.1, -0.05) is 12.5 Å². The molecule has 7 heteroatoms. The van der Waals surface area contributed by atoms with Crippen molar-refractivity contribution in [3.8, 4) is 0 Å². The summed E-state index contributed by atoms with van der Waals surface area (Å²) in [6, 6.07) is 5.60. The van der Waals surface area contributed by atoms with Crippen LogP contribution < -0.4 is 11.1 Å². The van der Waals surface area contributed by atoms with E-state index >= 15 is 0 Å². The summed E-state index contributed by atoms with van der Waals surface area (Å²) in [7, 11) is 3.33. The van der Waals surface area contributed by atoms with E-state index in [4.69, 9.17) is 5.73 Å². The molecule has 0 bridgehead atoms. The molecule has 0 spiro atoms. The Hall–Kier alpha value is -2.70. The first-order valence-electron chi connectivity index (χ1n) is 8.47. The Morgan fingerprint density at radius 3 is 2.56 bits per heavy atom. The molecule has 1 aliphatic rings. The molecule has 0 unspecified atom stereocenters. The minimum Gasteiger partial charge on any atom is -0.368 e. The van der Waals surface area contributed by atoms with Crippen LogP contribution in [0.3, 0.4) is 0 Å². The van der Waals surface area contributed by atoms with Crippen LogP contribution in [-0.2, 0) is 10.2 Å². The third-order valence-corrected chi connectivity index (χ3v) is 4.85. The fourth-order valence-electron chi connectivity index (χ4n) is 3.33. The third kappa shape index (κ3) is 2.79. The number of likely N-dealkylation sites (N-methyl/N-ethyl adjacent to an activating group) is 1. The number of nitrogens with two attached hydrogens (primary N) is 1. The number of carbonyl (C=O) groups is 2. The smallest absolute Gasteiger partial charge is 0.272 e. The Bertz CT molecular complexity index is 843. The highest BCUT2D eigenvalue weighted by Crippen LogP contribution is 2.44. The van der Waals surface area contributed by atoms with E-state index in [9.17, 15) is 9.59 Å². The lowest BCUT2D eigenvalue weighted by molar-refractivity contribution is -0.129. The molecule has 0 aliphatic heterocycles. The minimum atomic E-state index is -0.524. The molecule has 0 radical (unpaired) electrons. The molecule has 2 aromatic rings. The predicted molar refractivity (Wildman–Crippen MR) is 96.2 cm³/mol. The van der Waals surface area contributed by atoms with Gasteiger partial charge in [-0.2, -0.15) is 0 Å². The van der Waals surface area contributed by atoms with Gasteiger partial charge in [-0.25, -0.2) is 9.97 Å². The fraction of sp³-hybridized carbons (Fsp3) is 0.444. The van der Waals surface area contributed by atoms with Crippen molar-refractivity contribution in [2.75, 3.05) is 26.4 Å². The molecular formula is C18H23N5O2. The van der Waals surface area contributed by atoms with Crippen molar-refractivity contribution in [1.82, 2.24) is 20.2 Å². The van der Waals surface area contributed by atoms with E-state index in [0.717, 1.165) is 24.8 Å². The highest BCUT2D eigenvalue weighted by molar-refractivity contribution is 6.05. The summed E-state index contributed by atoms with van der Waals surface area (Å²) in [4.78, 5) is 34.9. The van der Waals surface area contributed by atoms with Gasteiger partial charge in [0.15, 0.2) is 0 Å². The lowest BCUT2D eigenvalue weighted by atomic mass is 9.63. The van der Waals surface area contributed by atoms with Gasteiger partial charge in [0.2, 0.25) is 11.9 Å². The number of rotatable bonds is 4. The van der Waals surface area contributed by atoms with Gasteiger partial charge >= 0.3 is 0 Å². The number of hydrogen-bond acceptors (Lipinski definition) is 5. The number of nitrogens with zero attached hydrogens (tertiary/aromatic N) is 3. The Morgan fingerprint density at radius 2 is 2.00 bits per heavy atom. The first-order valence-corrected chi connectivity index (χ1v) is 8.47. The van der Waals surface area contributed by atoms with E-state index in [1.165, 1.54) is 4.90 Å². The van der Waals surface area contributed by atoms with Gasteiger partial charge in [0.25, 0.3) is 5.91 Å². The number of anilines is 1. The molecule has 0 saturated heterocycles. The summed E-state index contributed by atoms with van der Waals surface area (Å²) >= 11 is 0. The summed E-state index contributed by atoms with van der Waals surface area (Å²) < 4.78 is 0. The maximum Gasteiger partial charge on any atom is 0.272 e. The lowest BCUT2D eigenvalue weighted by Crippen LogP contribution is -2.49. The number of nitrogens with one attached hydrogen (secondary N) is 1. The molecule has 1 fully saturated rings. The van der Waals surface area contributed by atoms with Gasteiger partial charge in [0.05, 0.1) is 10.9 Å². The molecule has 0 atom stereocenters. The van der Waals surface area contributed by atoms with Gasteiger partial charge in [-0.15, -0.1) is 0 Å². The number of carbonyl (C=O) groups excluding carboxylic acids is 2. The maximum absolute atomic E-state index is 12.6. The van der Waals surface area contributed by atoms with Crippen molar-refractivity contribution in [2.24, 2.45) is 0 Å². The molecule has 25 heavy (non-hydrogen) atoms. The molecule has 7 nitrogen and oxygen atoms in total. The summed E-state index contributed by atoms with van der Waals surface area (Å²) in [6.45, 7) is 2.51. The van der Waals surface area contributed by atoms with Gasteiger partial charge in [-0.05, 0) is 37.5 Å². The second-order valence-corrected chi connectivity index (χ2v) is 6.66. The fourth-order valence-corrected chi connectivity index (χ4v) is 3.33. The zero-order valence-electron chi connectivity index (χ0n) is 14.8. The Kier molecular flexibility index (Phi) is 4.32. The second kappa shape index (κ2) is 6.31. The highest BCUT2D eigenvalue weighted by Gasteiger charge is 2.45. The van der Waals surface area contributed by atoms with E-state index in [2.05, 4.69) is 15.3 Å². The zero-order chi connectivity index (χ0) is 18.2. The van der Waals surface area contributed by atoms with Crippen molar-refractivity contribution in [2.45, 2.75) is 31.6 Å². The van der Waals surface area contributed by atoms with Crippen molar-refractivity contribution < 1.29 is 9.59 Å². The van der Waals surface area contributed by atoms with E-state index in [1.54, 1.807) is 14.1 Å². The van der Waals surface area contributed by atoms with Crippen molar-refractivity contribution in [3.63, 3.8) is 0 Å². The van der Waals surface area contributed by atoms with Crippen LogP contribution in [0.5, 0.6) is 0 Å². The Morgan fingerprint density at radius 1 is 1.28 bits per heavy atom. The van der Waals surface area contributed by atoms with Crippen molar-refractivity contribution in [3.05, 3.63) is 29.5 Å². The summed E-state index contributed by atoms with van der Waals surface area (Å²) in [5.41, 5.74) is 7.00. The zero-order valence-corrected chi connectivity index (χ0v) is 14.8. The number of nitrogen functional groups attached to an aromatic ring is 1. The topological polar surface area (TPSA) is 101 Å². The average Bonchev–Trinajstić information content (AvgIpc) is 2.52. The molecule has 3 rings (SSSR count). The second-order valence-electron chi connectivity index (χ2n) is 6.66. The van der Waals surface area contributed by atoms with Gasteiger partial charge in [-0.3, -0.25) is 9.59 Å². The molecular weight excluding hydrogens is 318 g/mol. The van der Waals surface area contributed by atoms with Crippen LogP contribution in [0, 0.1) is 0 Å². The molecule has 1 aromatic heterocycles. The first-order chi connectivity index (χ1) is 11.9. The van der Waals surface area contributed by atoms with Crippen LogP contribution in [0.25, 0.3) is 10.9 Å². The lowest BCUT2D eigenvalue weighted by Gasteiger charge is -2.40. The van der Waals surface area contributed by atoms with E-state index in [1.807, 2.05) is 25.1 Å². The van der Waals surface area contributed by atoms with Gasteiger partial charge in [0, 0.05) is 26.0 Å². The van der Waals surface area contributed by atoms with Crippen molar-refractivity contribution in [1.29, 1.82) is 0 Å². The Balaban J connectivity index is 2.16. The number of aromatic nitrogens is 2. The third-order valence-electron chi connectivity index (χ3n) is 4.85. The van der Waals surface area contributed by atoms with Gasteiger partial charge in [0.1, 0.15) is 5.69 Å². The first kappa shape index (κ1) is 17.1. The minimum absolute atomic E-state index is 0.0393. The molecule has 3 N–H and O–H groups in total. The number of hydrogen-bond donors (Lipinski definition) is 2. The quantitative estimate of drug-likeness (QED) is 0.877. The molecule has 1 saturated carbocycles. The predicted octanol–water partition coefficient (Wildman–Crippen LogP) is 1.47. The Labute approximate surface area is 146 Å². The van der Waals surface area contributed by atoms with Crippen LogP contribution in [0.15, 0.2) is 18.2 Å². The highest BCUT2D eigenvalue weighted by atomic mass is 16.2. The number of fused-ring (bicyclic) bond motifs is 1. The molecule has 132 valence electrons. The number of amides is 2. The standard InChI is InChI=1S/C18H23N5O2/c1-4-20-16(25)18(8-5-9-18)11-6-7-13-12(10-11)14(15(24)23(2)3)22-17(19)21-13/h6-7,10H,4-5,8-9H2,1-3H3,(H,20,25)(H2,19,21,22). The summed E-state index contributed by atoms with van der Waals surface area (Å²) in [6.07, 6.45) is 2.62. The maximum atomic E-state index is 12.6. The SMILES string of the molecule is CCNC(=O)C1(c2ccc3nc(N)nc(C(=O)N(C)C)c3c2)CCC1. The average molecular weight is 341 g/mol. The van der Waals surface area contributed by atoms with Crippen LogP contribution in [0.1, 0.15) is 42.2 Å². The summed E-state index contributed by atoms with van der Waals surface area (Å²) in [5, 5.41) is 3.56. The largest absolute Gasteiger partial charge is 0.368 e. The van der Waals surface area contributed by atoms with E-state index < -0.39 is 5.41 Å². The normalized spacial score (nSPS) is 15.5. The van der Waals surface area contributed by atoms with Crippen LogP contribution in [0.4, 0.5) is 5.95 Å². The van der Waals surface area contributed by atoms with E-state index in [0.29, 0.717) is 17.4 Å². The van der Waals surface area contributed by atoms with Crippen LogP contribution in [0.2, 0.25) is 0 Å². The molecule has 1 aromatic carbocycles. The monoisotopic (exact) mass is 341 g/mol. The molecule has 1 heterocycles. The van der Waals surface area contributed by atoms with Crippen molar-refractivity contribution >= 4 is 28.7 Å². The molecule has 2 amide bonds. The molecule has 1 aliphatic carbocycles. The van der Waals surface area contributed by atoms with Gasteiger partial charge < -0.3 is 16.0 Å². The number of benzene rings is 1. The van der Waals surface area contributed by atoms with Crippen LogP contribution >= 0.6 is 0 Å².